The molecule has 0 saturated carbocycles. The van der Waals surface area contributed by atoms with E-state index in [1.807, 2.05) is 42.5 Å². The van der Waals surface area contributed by atoms with E-state index in [-0.39, 0.29) is 11.5 Å². The molecule has 2 aromatic carbocycles. The van der Waals surface area contributed by atoms with Crippen LogP contribution in [0.1, 0.15) is 15.9 Å². The van der Waals surface area contributed by atoms with Gasteiger partial charge in [-0.2, -0.15) is 0 Å². The van der Waals surface area contributed by atoms with Crippen LogP contribution in [0.3, 0.4) is 0 Å². The average molecular weight is 367 g/mol. The molecule has 1 N–H and O–H groups in total. The fourth-order valence-corrected chi connectivity index (χ4v) is 2.90. The number of allylic oxidation sites excluding steroid dienone is 1. The van der Waals surface area contributed by atoms with Gasteiger partial charge in [-0.25, -0.2) is 4.79 Å². The molecule has 0 radical (unpaired) electrons. The van der Waals surface area contributed by atoms with Crippen molar-refractivity contribution in [3.05, 3.63) is 113 Å². The van der Waals surface area contributed by atoms with Gasteiger partial charge in [-0.1, -0.05) is 48.5 Å². The Bertz CT molecular complexity index is 1190. The summed E-state index contributed by atoms with van der Waals surface area (Å²) in [5, 5.41) is 0. The van der Waals surface area contributed by atoms with Crippen molar-refractivity contribution in [2.45, 2.75) is 0 Å². The number of benzene rings is 2. The first-order valence-corrected chi connectivity index (χ1v) is 8.81. The topological polar surface area (TPSA) is 67.8 Å². The molecule has 0 spiro atoms. The number of H-pyrrole nitrogens is 1. The summed E-state index contributed by atoms with van der Waals surface area (Å²) in [6, 6.07) is 20.3. The van der Waals surface area contributed by atoms with E-state index in [2.05, 4.69) is 9.97 Å². The number of carbonyl (C=O) groups is 1. The van der Waals surface area contributed by atoms with E-state index in [4.69, 9.17) is 0 Å². The van der Waals surface area contributed by atoms with E-state index in [0.29, 0.717) is 16.9 Å². The lowest BCUT2D eigenvalue weighted by Gasteiger charge is -2.03. The molecular formula is C23H17N3O2. The SMILES string of the molecule is O=C(C=Cc1ccccc1)c1cccc(-n2cc(-c3cccnc3)[nH]c2=O)c1. The monoisotopic (exact) mass is 367 g/mol. The third-order valence-corrected chi connectivity index (χ3v) is 4.33. The number of imidazole rings is 1. The highest BCUT2D eigenvalue weighted by Gasteiger charge is 2.09. The Morgan fingerprint density at radius 2 is 1.86 bits per heavy atom. The van der Waals surface area contributed by atoms with Gasteiger partial charge in [-0.05, 0) is 35.9 Å². The minimum atomic E-state index is -0.275. The molecule has 136 valence electrons. The van der Waals surface area contributed by atoms with Crippen LogP contribution in [0.5, 0.6) is 0 Å². The molecule has 0 atom stereocenters. The summed E-state index contributed by atoms with van der Waals surface area (Å²) in [7, 11) is 0. The first-order chi connectivity index (χ1) is 13.7. The maximum atomic E-state index is 12.5. The molecular weight excluding hydrogens is 350 g/mol. The van der Waals surface area contributed by atoms with Gasteiger partial charge < -0.3 is 4.98 Å². The highest BCUT2D eigenvalue weighted by Crippen LogP contribution is 2.17. The minimum Gasteiger partial charge on any atom is -0.305 e. The van der Waals surface area contributed by atoms with Crippen LogP contribution in [-0.2, 0) is 0 Å². The third kappa shape index (κ3) is 3.73. The minimum absolute atomic E-state index is 0.123. The number of carbonyl (C=O) groups excluding carboxylic acids is 1. The first-order valence-electron chi connectivity index (χ1n) is 8.81. The number of pyridine rings is 1. The summed E-state index contributed by atoms with van der Waals surface area (Å²) < 4.78 is 1.49. The summed E-state index contributed by atoms with van der Waals surface area (Å²) in [5.74, 6) is -0.123. The molecule has 0 aliphatic rings. The normalized spacial score (nSPS) is 11.0. The fraction of sp³-hybridized carbons (Fsp3) is 0. The lowest BCUT2D eigenvalue weighted by Crippen LogP contribution is -2.14. The van der Waals surface area contributed by atoms with Crippen LogP contribution in [0.15, 0.2) is 96.2 Å². The van der Waals surface area contributed by atoms with Crippen molar-refractivity contribution < 1.29 is 4.79 Å². The molecule has 5 heteroatoms. The van der Waals surface area contributed by atoms with Gasteiger partial charge in [0.1, 0.15) is 0 Å². The number of aromatic amines is 1. The Balaban J connectivity index is 1.63. The third-order valence-electron chi connectivity index (χ3n) is 4.33. The number of rotatable bonds is 5. The Kier molecular flexibility index (Phi) is 4.80. The lowest BCUT2D eigenvalue weighted by molar-refractivity contribution is 0.104. The van der Waals surface area contributed by atoms with Gasteiger partial charge in [0, 0.05) is 29.7 Å². The molecule has 4 rings (SSSR count). The maximum Gasteiger partial charge on any atom is 0.330 e. The molecule has 0 amide bonds. The van der Waals surface area contributed by atoms with Crippen molar-refractivity contribution in [3.8, 4) is 16.9 Å². The van der Waals surface area contributed by atoms with Crippen LogP contribution in [0, 0.1) is 0 Å². The molecule has 2 heterocycles. The van der Waals surface area contributed by atoms with Crippen LogP contribution < -0.4 is 5.69 Å². The Morgan fingerprint density at radius 3 is 2.64 bits per heavy atom. The molecule has 0 aliphatic heterocycles. The van der Waals surface area contributed by atoms with E-state index in [0.717, 1.165) is 11.1 Å². The summed E-state index contributed by atoms with van der Waals surface area (Å²) in [5.41, 5.74) is 3.30. The van der Waals surface area contributed by atoms with Gasteiger partial charge >= 0.3 is 5.69 Å². The smallest absolute Gasteiger partial charge is 0.305 e. The van der Waals surface area contributed by atoms with Crippen LogP contribution in [0.4, 0.5) is 0 Å². The number of hydrogen-bond donors (Lipinski definition) is 1. The number of aromatic nitrogens is 3. The molecule has 28 heavy (non-hydrogen) atoms. The number of nitrogens with zero attached hydrogens (tertiary/aromatic N) is 2. The van der Waals surface area contributed by atoms with Crippen molar-refractivity contribution in [1.82, 2.24) is 14.5 Å². The van der Waals surface area contributed by atoms with E-state index in [1.165, 1.54) is 10.6 Å². The average Bonchev–Trinajstić information content (AvgIpc) is 3.15. The van der Waals surface area contributed by atoms with Gasteiger partial charge in [-0.15, -0.1) is 0 Å². The molecule has 0 fully saturated rings. The summed E-state index contributed by atoms with van der Waals surface area (Å²) in [6.07, 6.45) is 8.39. The van der Waals surface area contributed by atoms with Crippen LogP contribution in [0.25, 0.3) is 23.0 Å². The molecule has 5 nitrogen and oxygen atoms in total. The van der Waals surface area contributed by atoms with E-state index in [1.54, 1.807) is 48.9 Å². The quantitative estimate of drug-likeness (QED) is 0.426. The fourth-order valence-electron chi connectivity index (χ4n) is 2.90. The van der Waals surface area contributed by atoms with E-state index < -0.39 is 0 Å². The standard InChI is InChI=1S/C23H17N3O2/c27-22(12-11-17-6-2-1-3-7-17)18-8-4-10-20(14-18)26-16-21(25-23(26)28)19-9-5-13-24-15-19/h1-16H,(H,25,28). The Morgan fingerprint density at radius 1 is 1.00 bits per heavy atom. The summed E-state index contributed by atoms with van der Waals surface area (Å²) in [4.78, 5) is 31.8. The molecule has 4 aromatic rings. The van der Waals surface area contributed by atoms with Gasteiger partial charge in [0.2, 0.25) is 0 Å². The largest absolute Gasteiger partial charge is 0.330 e. The summed E-state index contributed by atoms with van der Waals surface area (Å²) >= 11 is 0. The van der Waals surface area contributed by atoms with Crippen LogP contribution in [-0.4, -0.2) is 20.3 Å². The highest BCUT2D eigenvalue weighted by atomic mass is 16.1. The van der Waals surface area contributed by atoms with E-state index >= 15 is 0 Å². The molecule has 0 bridgehead atoms. The zero-order chi connectivity index (χ0) is 19.3. The van der Waals surface area contributed by atoms with Crippen LogP contribution in [0.2, 0.25) is 0 Å². The van der Waals surface area contributed by atoms with Gasteiger partial charge in [-0.3, -0.25) is 14.3 Å². The zero-order valence-corrected chi connectivity index (χ0v) is 14.9. The maximum absolute atomic E-state index is 12.5. The van der Waals surface area contributed by atoms with Crippen molar-refractivity contribution >= 4 is 11.9 Å². The first kappa shape index (κ1) is 17.4. The van der Waals surface area contributed by atoms with E-state index in [9.17, 15) is 9.59 Å². The molecule has 0 unspecified atom stereocenters. The second-order valence-electron chi connectivity index (χ2n) is 6.24. The molecule has 0 saturated heterocycles. The lowest BCUT2D eigenvalue weighted by atomic mass is 10.1. The predicted octanol–water partition coefficient (Wildman–Crippen LogP) is 4.12. The van der Waals surface area contributed by atoms with Crippen molar-refractivity contribution in [1.29, 1.82) is 0 Å². The molecule has 2 aromatic heterocycles. The van der Waals surface area contributed by atoms with Crippen molar-refractivity contribution in [3.63, 3.8) is 0 Å². The number of ketones is 1. The number of nitrogens with one attached hydrogen (secondary N) is 1. The summed E-state index contributed by atoms with van der Waals surface area (Å²) in [6.45, 7) is 0. The Hall–Kier alpha value is -3.99. The van der Waals surface area contributed by atoms with Gasteiger partial charge in [0.15, 0.2) is 5.78 Å². The number of hydrogen-bond acceptors (Lipinski definition) is 3. The Labute approximate surface area is 161 Å². The van der Waals surface area contributed by atoms with Crippen LogP contribution >= 0.6 is 0 Å². The highest BCUT2D eigenvalue weighted by molar-refractivity contribution is 6.07. The molecule has 0 aliphatic carbocycles. The second-order valence-corrected chi connectivity index (χ2v) is 6.24. The van der Waals surface area contributed by atoms with Gasteiger partial charge in [0.25, 0.3) is 0 Å². The predicted molar refractivity (Wildman–Crippen MR) is 109 cm³/mol. The van der Waals surface area contributed by atoms with Gasteiger partial charge in [0.05, 0.1) is 11.4 Å². The van der Waals surface area contributed by atoms with Crippen molar-refractivity contribution in [2.24, 2.45) is 0 Å². The van der Waals surface area contributed by atoms with Crippen molar-refractivity contribution in [2.75, 3.05) is 0 Å². The second kappa shape index (κ2) is 7.72. The zero-order valence-electron chi connectivity index (χ0n) is 14.9.